The summed E-state index contributed by atoms with van der Waals surface area (Å²) in [5.41, 5.74) is 2.15. The fourth-order valence-corrected chi connectivity index (χ4v) is 3.44. The highest BCUT2D eigenvalue weighted by Gasteiger charge is 2.48. The number of ether oxygens (including phenoxy) is 2. The third kappa shape index (κ3) is 2.54. The zero-order chi connectivity index (χ0) is 15.1. The van der Waals surface area contributed by atoms with Gasteiger partial charge in [0.15, 0.2) is 5.79 Å². The smallest absolute Gasteiger partial charge is 0.173 e. The highest BCUT2D eigenvalue weighted by Crippen LogP contribution is 2.50. The van der Waals surface area contributed by atoms with Crippen LogP contribution in [0.3, 0.4) is 0 Å². The van der Waals surface area contributed by atoms with Gasteiger partial charge in [-0.3, -0.25) is 4.79 Å². The van der Waals surface area contributed by atoms with Crippen molar-refractivity contribution in [2.75, 3.05) is 13.2 Å². The van der Waals surface area contributed by atoms with Crippen LogP contribution in [0, 0.1) is 11.2 Å². The van der Waals surface area contributed by atoms with Crippen LogP contribution in [-0.4, -0.2) is 25.3 Å². The highest BCUT2D eigenvalue weighted by molar-refractivity contribution is 5.90. The van der Waals surface area contributed by atoms with E-state index >= 15 is 0 Å². The van der Waals surface area contributed by atoms with E-state index in [0.717, 1.165) is 23.0 Å². The summed E-state index contributed by atoms with van der Waals surface area (Å²) >= 11 is 0. The summed E-state index contributed by atoms with van der Waals surface area (Å²) in [7, 11) is 0. The molecule has 1 saturated heterocycles. The Kier molecular flexibility index (Phi) is 3.46. The molecule has 0 atom stereocenters. The summed E-state index contributed by atoms with van der Waals surface area (Å²) < 4.78 is 24.8. The Morgan fingerprint density at radius 2 is 1.76 bits per heavy atom. The van der Waals surface area contributed by atoms with Crippen molar-refractivity contribution < 1.29 is 18.7 Å². The van der Waals surface area contributed by atoms with Crippen LogP contribution in [0.15, 0.2) is 29.8 Å². The summed E-state index contributed by atoms with van der Waals surface area (Å²) in [6.45, 7) is 5.19. The minimum Gasteiger partial charge on any atom is -0.347 e. The molecular weight excluding hydrogens is 271 g/mol. The molecule has 1 aliphatic heterocycles. The lowest BCUT2D eigenvalue weighted by molar-refractivity contribution is -0.174. The second-order valence-electron chi connectivity index (χ2n) is 6.36. The van der Waals surface area contributed by atoms with Crippen molar-refractivity contribution in [3.63, 3.8) is 0 Å². The Balaban J connectivity index is 2.10. The molecule has 1 fully saturated rings. The van der Waals surface area contributed by atoms with Gasteiger partial charge < -0.3 is 9.47 Å². The third-order valence-electron chi connectivity index (χ3n) is 4.34. The predicted octanol–water partition coefficient (Wildman–Crippen LogP) is 3.34. The summed E-state index contributed by atoms with van der Waals surface area (Å²) in [6.07, 6.45) is 2.09. The van der Waals surface area contributed by atoms with Gasteiger partial charge in [0, 0.05) is 18.4 Å². The van der Waals surface area contributed by atoms with Gasteiger partial charge in [-0.25, -0.2) is 4.39 Å². The molecule has 21 heavy (non-hydrogen) atoms. The van der Waals surface area contributed by atoms with Crippen LogP contribution >= 0.6 is 0 Å². The van der Waals surface area contributed by atoms with Crippen molar-refractivity contribution in [3.05, 3.63) is 41.2 Å². The molecule has 1 aliphatic carbocycles. The van der Waals surface area contributed by atoms with E-state index in [4.69, 9.17) is 9.47 Å². The maximum Gasteiger partial charge on any atom is 0.173 e. The van der Waals surface area contributed by atoms with Gasteiger partial charge in [-0.15, -0.1) is 0 Å². The van der Waals surface area contributed by atoms with E-state index in [2.05, 4.69) is 0 Å². The van der Waals surface area contributed by atoms with Crippen molar-refractivity contribution in [1.82, 2.24) is 0 Å². The number of hydrogen-bond acceptors (Lipinski definition) is 3. The van der Waals surface area contributed by atoms with Crippen molar-refractivity contribution in [2.45, 2.75) is 32.5 Å². The lowest BCUT2D eigenvalue weighted by Gasteiger charge is -2.42. The van der Waals surface area contributed by atoms with E-state index in [0.29, 0.717) is 26.1 Å². The lowest BCUT2D eigenvalue weighted by Crippen LogP contribution is -2.41. The molecule has 1 aromatic rings. The number of aldehydes is 1. The minimum absolute atomic E-state index is 0.287. The number of rotatable bonds is 2. The van der Waals surface area contributed by atoms with Gasteiger partial charge >= 0.3 is 0 Å². The zero-order valence-corrected chi connectivity index (χ0v) is 12.3. The molecule has 1 aromatic carbocycles. The minimum atomic E-state index is -0.653. The predicted molar refractivity (Wildman–Crippen MR) is 77.0 cm³/mol. The summed E-state index contributed by atoms with van der Waals surface area (Å²) in [5, 5.41) is 0. The maximum atomic E-state index is 13.1. The normalized spacial score (nSPS) is 23.6. The van der Waals surface area contributed by atoms with E-state index < -0.39 is 5.79 Å². The molecule has 1 heterocycles. The van der Waals surface area contributed by atoms with Gasteiger partial charge in [0.1, 0.15) is 12.1 Å². The fraction of sp³-hybridized carbons (Fsp3) is 0.471. The van der Waals surface area contributed by atoms with Crippen LogP contribution in [0.5, 0.6) is 0 Å². The second-order valence-corrected chi connectivity index (χ2v) is 6.36. The molecule has 0 amide bonds. The maximum absolute atomic E-state index is 13.1. The average Bonchev–Trinajstić information content (AvgIpc) is 2.85. The summed E-state index contributed by atoms with van der Waals surface area (Å²) in [6, 6.07) is 6.24. The van der Waals surface area contributed by atoms with Gasteiger partial charge in [-0.1, -0.05) is 26.0 Å². The number of carbonyl (C=O) groups is 1. The van der Waals surface area contributed by atoms with Crippen molar-refractivity contribution >= 4 is 11.9 Å². The number of carbonyl (C=O) groups excluding carboxylic acids is 1. The first kappa shape index (κ1) is 14.4. The van der Waals surface area contributed by atoms with Gasteiger partial charge in [-0.05, 0) is 28.7 Å². The van der Waals surface area contributed by atoms with E-state index in [1.807, 2.05) is 13.8 Å². The molecular formula is C17H19FO3. The molecule has 4 heteroatoms. The van der Waals surface area contributed by atoms with E-state index in [1.54, 1.807) is 12.1 Å². The Bertz CT molecular complexity index is 581. The first-order valence-electron chi connectivity index (χ1n) is 7.18. The second kappa shape index (κ2) is 5.04. The van der Waals surface area contributed by atoms with Gasteiger partial charge in [0.25, 0.3) is 0 Å². The van der Waals surface area contributed by atoms with Crippen molar-refractivity contribution in [2.24, 2.45) is 5.41 Å². The Hall–Kier alpha value is -1.52. The molecule has 0 radical (unpaired) electrons. The first-order valence-corrected chi connectivity index (χ1v) is 7.18. The van der Waals surface area contributed by atoms with Crippen LogP contribution < -0.4 is 0 Å². The molecule has 0 N–H and O–H groups in total. The molecule has 1 spiro atoms. The van der Waals surface area contributed by atoms with Gasteiger partial charge in [0.2, 0.25) is 0 Å². The SMILES string of the molecule is CC1(C)CC2(CC(c3ccc(F)cc3)=C1C=O)OCCO2. The molecule has 112 valence electrons. The van der Waals surface area contributed by atoms with E-state index in [9.17, 15) is 9.18 Å². The third-order valence-corrected chi connectivity index (χ3v) is 4.34. The van der Waals surface area contributed by atoms with Crippen LogP contribution in [0.1, 0.15) is 32.3 Å². The standard InChI is InChI=1S/C17H19FO3/c1-16(2)11-17(20-7-8-21-17)9-14(15(16)10-19)12-3-5-13(18)6-4-12/h3-6,10H,7-9,11H2,1-2H3. The van der Waals surface area contributed by atoms with Gasteiger partial charge in [0.05, 0.1) is 13.2 Å². The monoisotopic (exact) mass is 290 g/mol. The lowest BCUT2D eigenvalue weighted by atomic mass is 9.69. The van der Waals surface area contributed by atoms with Crippen LogP contribution in [-0.2, 0) is 14.3 Å². The first-order chi connectivity index (χ1) is 9.96. The average molecular weight is 290 g/mol. The topological polar surface area (TPSA) is 35.5 Å². The van der Waals surface area contributed by atoms with Crippen LogP contribution in [0.2, 0.25) is 0 Å². The highest BCUT2D eigenvalue weighted by atomic mass is 19.1. The zero-order valence-electron chi connectivity index (χ0n) is 12.3. The number of hydrogen-bond donors (Lipinski definition) is 0. The Labute approximate surface area is 123 Å². The molecule has 0 bridgehead atoms. The molecule has 3 rings (SSSR count). The Morgan fingerprint density at radius 1 is 1.14 bits per heavy atom. The van der Waals surface area contributed by atoms with E-state index in [-0.39, 0.29) is 11.2 Å². The van der Waals surface area contributed by atoms with Crippen molar-refractivity contribution in [3.8, 4) is 0 Å². The summed E-state index contributed by atoms with van der Waals surface area (Å²) in [4.78, 5) is 11.6. The molecule has 0 unspecified atom stereocenters. The largest absolute Gasteiger partial charge is 0.347 e. The van der Waals surface area contributed by atoms with Crippen molar-refractivity contribution in [1.29, 1.82) is 0 Å². The molecule has 2 aliphatic rings. The quantitative estimate of drug-likeness (QED) is 0.784. The van der Waals surface area contributed by atoms with Crippen LogP contribution in [0.4, 0.5) is 4.39 Å². The van der Waals surface area contributed by atoms with Crippen LogP contribution in [0.25, 0.3) is 5.57 Å². The fourth-order valence-electron chi connectivity index (χ4n) is 3.44. The number of allylic oxidation sites excluding steroid dienone is 1. The summed E-state index contributed by atoms with van der Waals surface area (Å²) in [5.74, 6) is -0.940. The number of benzene rings is 1. The van der Waals surface area contributed by atoms with Gasteiger partial charge in [-0.2, -0.15) is 0 Å². The number of halogens is 1. The molecule has 0 aromatic heterocycles. The molecule has 0 saturated carbocycles. The Morgan fingerprint density at radius 3 is 2.33 bits per heavy atom. The molecule has 3 nitrogen and oxygen atoms in total. The van der Waals surface area contributed by atoms with E-state index in [1.165, 1.54) is 12.1 Å².